The van der Waals surface area contributed by atoms with Crippen molar-refractivity contribution in [3.05, 3.63) is 48.0 Å². The van der Waals surface area contributed by atoms with Crippen molar-refractivity contribution in [3.8, 4) is 0 Å². The molecule has 6 nitrogen and oxygen atoms in total. The van der Waals surface area contributed by atoms with Crippen LogP contribution in [0.1, 0.15) is 32.8 Å². The minimum Gasteiger partial charge on any atom is -0.383 e. The zero-order valence-corrected chi connectivity index (χ0v) is 16.6. The molecule has 1 aliphatic rings. The van der Waals surface area contributed by atoms with E-state index in [9.17, 15) is 13.2 Å². The second-order valence-corrected chi connectivity index (χ2v) is 8.73. The maximum atomic E-state index is 12.8. The van der Waals surface area contributed by atoms with E-state index in [1.54, 1.807) is 35.2 Å². The van der Waals surface area contributed by atoms with Crippen LogP contribution in [0, 0.1) is 0 Å². The average Bonchev–Trinajstić information content (AvgIpc) is 2.61. The molecule has 3 rings (SSSR count). The summed E-state index contributed by atoms with van der Waals surface area (Å²) in [6, 6.07) is 12.4. The Bertz CT molecular complexity index is 937. The Hall–Kier alpha value is -2.54. The number of carbonyl (C=O) groups excluding carboxylic acids is 1. The largest absolute Gasteiger partial charge is 0.383 e. The summed E-state index contributed by atoms with van der Waals surface area (Å²) < 4.78 is 28.1. The predicted molar refractivity (Wildman–Crippen MR) is 109 cm³/mol. The molecule has 0 saturated heterocycles. The fourth-order valence-corrected chi connectivity index (χ4v) is 4.36. The zero-order valence-electron chi connectivity index (χ0n) is 15.8. The third-order valence-electron chi connectivity index (χ3n) is 4.45. The van der Waals surface area contributed by atoms with Gasteiger partial charge in [-0.2, -0.15) is 0 Å². The minimum atomic E-state index is -3.69. The van der Waals surface area contributed by atoms with Gasteiger partial charge in [-0.15, -0.1) is 0 Å². The molecule has 1 amide bonds. The van der Waals surface area contributed by atoms with Gasteiger partial charge in [-0.05, 0) is 74.7 Å². The van der Waals surface area contributed by atoms with E-state index in [0.29, 0.717) is 18.3 Å². The van der Waals surface area contributed by atoms with Gasteiger partial charge in [-0.1, -0.05) is 0 Å². The van der Waals surface area contributed by atoms with Crippen LogP contribution in [0.25, 0.3) is 0 Å². The average molecular weight is 388 g/mol. The first-order valence-electron chi connectivity index (χ1n) is 9.07. The van der Waals surface area contributed by atoms with Gasteiger partial charge in [0, 0.05) is 36.6 Å². The van der Waals surface area contributed by atoms with E-state index in [4.69, 9.17) is 0 Å². The molecule has 0 unspecified atom stereocenters. The number of sulfonamides is 1. The smallest absolute Gasteiger partial charge is 0.261 e. The number of carbonyl (C=O) groups is 1. The third-order valence-corrected chi connectivity index (χ3v) is 5.83. The van der Waals surface area contributed by atoms with Gasteiger partial charge in [0.05, 0.1) is 4.90 Å². The van der Waals surface area contributed by atoms with Crippen LogP contribution in [0.15, 0.2) is 47.4 Å². The van der Waals surface area contributed by atoms with Crippen LogP contribution in [0.3, 0.4) is 0 Å². The summed E-state index contributed by atoms with van der Waals surface area (Å²) in [5, 5.41) is 3.26. The molecule has 0 radical (unpaired) electrons. The Morgan fingerprint density at radius 3 is 2.37 bits per heavy atom. The Kier molecular flexibility index (Phi) is 5.41. The quantitative estimate of drug-likeness (QED) is 0.822. The number of fused-ring (bicyclic) bond motifs is 1. The SMILES string of the molecule is CC(=O)N1CCCc2cc(S(=O)(=O)Nc3ccc(NC(C)C)cc3)ccc21. The van der Waals surface area contributed by atoms with Crippen molar-refractivity contribution in [1.82, 2.24) is 0 Å². The lowest BCUT2D eigenvalue weighted by Crippen LogP contribution is -2.33. The van der Waals surface area contributed by atoms with Crippen LogP contribution in [0.5, 0.6) is 0 Å². The van der Waals surface area contributed by atoms with E-state index in [1.807, 2.05) is 26.0 Å². The lowest BCUT2D eigenvalue weighted by Gasteiger charge is -2.28. The van der Waals surface area contributed by atoms with E-state index in [2.05, 4.69) is 10.0 Å². The highest BCUT2D eigenvalue weighted by atomic mass is 32.2. The molecule has 0 aromatic heterocycles. The standard InChI is InChI=1S/C20H25N3O3S/c1-14(2)21-17-6-8-18(9-7-17)22-27(25,26)19-10-11-20-16(13-19)5-4-12-23(20)15(3)24/h6-11,13-14,21-22H,4-5,12H2,1-3H3. The van der Waals surface area contributed by atoms with E-state index in [0.717, 1.165) is 29.8 Å². The number of aryl methyl sites for hydroxylation is 1. The van der Waals surface area contributed by atoms with Gasteiger partial charge in [0.25, 0.3) is 10.0 Å². The third kappa shape index (κ3) is 4.42. The van der Waals surface area contributed by atoms with Gasteiger partial charge >= 0.3 is 0 Å². The highest BCUT2D eigenvalue weighted by Crippen LogP contribution is 2.30. The number of amides is 1. The summed E-state index contributed by atoms with van der Waals surface area (Å²) in [4.78, 5) is 13.7. The van der Waals surface area contributed by atoms with Crippen molar-refractivity contribution in [3.63, 3.8) is 0 Å². The van der Waals surface area contributed by atoms with Crippen molar-refractivity contribution in [2.45, 2.75) is 44.6 Å². The zero-order chi connectivity index (χ0) is 19.6. The van der Waals surface area contributed by atoms with Gasteiger partial charge in [-0.3, -0.25) is 9.52 Å². The number of hydrogen-bond acceptors (Lipinski definition) is 4. The van der Waals surface area contributed by atoms with Crippen LogP contribution in [-0.2, 0) is 21.2 Å². The molecule has 0 saturated carbocycles. The molecular weight excluding hydrogens is 362 g/mol. The monoisotopic (exact) mass is 387 g/mol. The van der Waals surface area contributed by atoms with Crippen molar-refractivity contribution in [1.29, 1.82) is 0 Å². The van der Waals surface area contributed by atoms with E-state index in [1.165, 1.54) is 6.92 Å². The van der Waals surface area contributed by atoms with Gasteiger partial charge in [0.1, 0.15) is 0 Å². The summed E-state index contributed by atoms with van der Waals surface area (Å²) in [7, 11) is -3.69. The van der Waals surface area contributed by atoms with Gasteiger partial charge in [0.15, 0.2) is 0 Å². The lowest BCUT2D eigenvalue weighted by molar-refractivity contribution is -0.116. The van der Waals surface area contributed by atoms with Crippen molar-refractivity contribution < 1.29 is 13.2 Å². The van der Waals surface area contributed by atoms with E-state index < -0.39 is 10.0 Å². The van der Waals surface area contributed by atoms with Crippen LogP contribution in [0.4, 0.5) is 17.1 Å². The van der Waals surface area contributed by atoms with Crippen LogP contribution >= 0.6 is 0 Å². The maximum absolute atomic E-state index is 12.8. The molecular formula is C20H25N3O3S. The Morgan fingerprint density at radius 2 is 1.74 bits per heavy atom. The molecule has 0 fully saturated rings. The minimum absolute atomic E-state index is 0.0280. The summed E-state index contributed by atoms with van der Waals surface area (Å²) in [5.41, 5.74) is 3.13. The first-order valence-corrected chi connectivity index (χ1v) is 10.5. The number of benzene rings is 2. The maximum Gasteiger partial charge on any atom is 0.261 e. The molecule has 0 bridgehead atoms. The highest BCUT2D eigenvalue weighted by molar-refractivity contribution is 7.92. The number of anilines is 3. The molecule has 0 aliphatic carbocycles. The summed E-state index contributed by atoms with van der Waals surface area (Å²) in [6.07, 6.45) is 1.59. The first kappa shape index (κ1) is 19.2. The fourth-order valence-electron chi connectivity index (χ4n) is 3.25. The molecule has 2 aromatic carbocycles. The van der Waals surface area contributed by atoms with Crippen molar-refractivity contribution in [2.24, 2.45) is 0 Å². The fraction of sp³-hybridized carbons (Fsp3) is 0.350. The van der Waals surface area contributed by atoms with E-state index >= 15 is 0 Å². The molecule has 2 N–H and O–H groups in total. The van der Waals surface area contributed by atoms with Gasteiger partial charge in [-0.25, -0.2) is 8.42 Å². The second kappa shape index (κ2) is 7.60. The van der Waals surface area contributed by atoms with Crippen LogP contribution < -0.4 is 14.9 Å². The lowest BCUT2D eigenvalue weighted by atomic mass is 10.0. The van der Waals surface area contributed by atoms with Crippen molar-refractivity contribution >= 4 is 33.0 Å². The molecule has 27 heavy (non-hydrogen) atoms. The summed E-state index contributed by atoms with van der Waals surface area (Å²) in [5.74, 6) is -0.0280. The molecule has 2 aromatic rings. The highest BCUT2D eigenvalue weighted by Gasteiger charge is 2.23. The Balaban J connectivity index is 1.82. The van der Waals surface area contributed by atoms with Gasteiger partial charge < -0.3 is 10.2 Å². The van der Waals surface area contributed by atoms with Crippen molar-refractivity contribution in [2.75, 3.05) is 21.5 Å². The molecule has 1 heterocycles. The van der Waals surface area contributed by atoms with Gasteiger partial charge in [0.2, 0.25) is 5.91 Å². The first-order chi connectivity index (χ1) is 12.8. The van der Waals surface area contributed by atoms with E-state index in [-0.39, 0.29) is 10.8 Å². The number of hydrogen-bond donors (Lipinski definition) is 2. The molecule has 0 spiro atoms. The Labute approximate surface area is 160 Å². The van der Waals surface area contributed by atoms with Crippen LogP contribution in [-0.4, -0.2) is 26.9 Å². The second-order valence-electron chi connectivity index (χ2n) is 7.05. The molecule has 0 atom stereocenters. The number of nitrogens with zero attached hydrogens (tertiary/aromatic N) is 1. The molecule has 144 valence electrons. The number of rotatable bonds is 5. The normalized spacial score (nSPS) is 14.0. The number of nitrogens with one attached hydrogen (secondary N) is 2. The summed E-state index contributed by atoms with van der Waals surface area (Å²) in [6.45, 7) is 6.28. The molecule has 7 heteroatoms. The Morgan fingerprint density at radius 1 is 1.07 bits per heavy atom. The molecule has 1 aliphatic heterocycles. The summed E-state index contributed by atoms with van der Waals surface area (Å²) >= 11 is 0. The topological polar surface area (TPSA) is 78.5 Å². The predicted octanol–water partition coefficient (Wildman–Crippen LogP) is 3.61. The van der Waals surface area contributed by atoms with Crippen LogP contribution in [0.2, 0.25) is 0 Å².